The minimum absolute atomic E-state index is 0.549. The summed E-state index contributed by atoms with van der Waals surface area (Å²) in [5.41, 5.74) is 6.17. The molecule has 2 aromatic carbocycles. The van der Waals surface area contributed by atoms with Gasteiger partial charge in [-0.3, -0.25) is 4.68 Å². The van der Waals surface area contributed by atoms with Crippen molar-refractivity contribution in [2.75, 3.05) is 10.6 Å². The fraction of sp³-hybridized carbons (Fsp3) is 0.200. The van der Waals surface area contributed by atoms with Gasteiger partial charge in [-0.1, -0.05) is 35.9 Å². The van der Waals surface area contributed by atoms with E-state index < -0.39 is 0 Å². The molecule has 4 nitrogen and oxygen atoms in total. The summed E-state index contributed by atoms with van der Waals surface area (Å²) in [6.45, 7) is 6.75. The molecule has 2 N–H and O–H groups in total. The Morgan fingerprint density at radius 3 is 2.50 bits per heavy atom. The highest BCUT2D eigenvalue weighted by Crippen LogP contribution is 2.21. The highest BCUT2D eigenvalue weighted by molar-refractivity contribution is 7.80. The van der Waals surface area contributed by atoms with Gasteiger partial charge in [-0.25, -0.2) is 0 Å². The third-order valence-corrected chi connectivity index (χ3v) is 4.60. The number of benzene rings is 2. The maximum absolute atomic E-state index is 5.96. The molecule has 0 saturated heterocycles. The van der Waals surface area contributed by atoms with Crippen LogP contribution >= 0.6 is 23.8 Å². The predicted octanol–water partition coefficient (Wildman–Crippen LogP) is 5.32. The van der Waals surface area contributed by atoms with Gasteiger partial charge in [-0.2, -0.15) is 5.10 Å². The van der Waals surface area contributed by atoms with E-state index in [0.29, 0.717) is 11.7 Å². The summed E-state index contributed by atoms with van der Waals surface area (Å²) >= 11 is 11.4. The first-order valence-corrected chi connectivity index (χ1v) is 9.14. The van der Waals surface area contributed by atoms with Crippen LogP contribution in [0.2, 0.25) is 5.02 Å². The lowest BCUT2D eigenvalue weighted by molar-refractivity contribution is 0.659. The normalized spacial score (nSPS) is 10.6. The number of hydrogen-bond donors (Lipinski definition) is 2. The largest absolute Gasteiger partial charge is 0.332 e. The van der Waals surface area contributed by atoms with Crippen molar-refractivity contribution < 1.29 is 0 Å². The van der Waals surface area contributed by atoms with Crippen molar-refractivity contribution in [3.63, 3.8) is 0 Å². The zero-order valence-corrected chi connectivity index (χ0v) is 16.6. The number of nitrogens with zero attached hydrogens (tertiary/aromatic N) is 2. The first-order chi connectivity index (χ1) is 12.4. The van der Waals surface area contributed by atoms with Crippen molar-refractivity contribution in [1.82, 2.24) is 9.78 Å². The molecule has 0 aliphatic carbocycles. The molecule has 1 aromatic heterocycles. The van der Waals surface area contributed by atoms with Crippen LogP contribution in [-0.2, 0) is 6.54 Å². The van der Waals surface area contributed by atoms with Crippen LogP contribution in [0.5, 0.6) is 0 Å². The zero-order chi connectivity index (χ0) is 18.7. The number of halogens is 1. The predicted molar refractivity (Wildman–Crippen MR) is 113 cm³/mol. The van der Waals surface area contributed by atoms with Crippen molar-refractivity contribution in [3.8, 4) is 0 Å². The van der Waals surface area contributed by atoms with Crippen LogP contribution in [0.25, 0.3) is 0 Å². The van der Waals surface area contributed by atoms with E-state index in [1.54, 1.807) is 0 Å². The molecule has 1 heterocycles. The monoisotopic (exact) mass is 384 g/mol. The van der Waals surface area contributed by atoms with Gasteiger partial charge in [0.2, 0.25) is 0 Å². The van der Waals surface area contributed by atoms with Gasteiger partial charge in [0.05, 0.1) is 23.6 Å². The smallest absolute Gasteiger partial charge is 0.175 e. The lowest BCUT2D eigenvalue weighted by Crippen LogP contribution is -2.20. The first-order valence-electron chi connectivity index (χ1n) is 8.35. The molecule has 6 heteroatoms. The average Bonchev–Trinajstić information content (AvgIpc) is 2.84. The minimum atomic E-state index is 0.549. The Labute approximate surface area is 164 Å². The van der Waals surface area contributed by atoms with Gasteiger partial charge in [-0.05, 0) is 68.4 Å². The van der Waals surface area contributed by atoms with E-state index in [0.717, 1.165) is 33.3 Å². The fourth-order valence-electron chi connectivity index (χ4n) is 2.79. The van der Waals surface area contributed by atoms with Gasteiger partial charge in [-0.15, -0.1) is 0 Å². The fourth-order valence-corrected chi connectivity index (χ4v) is 3.14. The molecule has 0 saturated carbocycles. The molecule has 0 bridgehead atoms. The molecule has 0 atom stereocenters. The molecule has 26 heavy (non-hydrogen) atoms. The Kier molecular flexibility index (Phi) is 5.59. The topological polar surface area (TPSA) is 41.9 Å². The lowest BCUT2D eigenvalue weighted by Gasteiger charge is -2.12. The number of hydrogen-bond acceptors (Lipinski definition) is 2. The van der Waals surface area contributed by atoms with E-state index >= 15 is 0 Å². The number of aryl methyl sites for hydroxylation is 2. The van der Waals surface area contributed by atoms with Crippen molar-refractivity contribution in [3.05, 3.63) is 76.1 Å². The molecule has 0 amide bonds. The second kappa shape index (κ2) is 7.89. The Balaban J connectivity index is 1.73. The van der Waals surface area contributed by atoms with Crippen molar-refractivity contribution in [2.45, 2.75) is 27.3 Å². The number of anilines is 2. The standard InChI is InChI=1S/C20H21ClN4S/c1-13-5-4-6-18(11-13)22-20(26)23-19-14(2)24-25(15(19)3)12-16-7-9-17(21)10-8-16/h4-11H,12H2,1-3H3,(H2,22,23,26). The van der Waals surface area contributed by atoms with Crippen LogP contribution in [0.3, 0.4) is 0 Å². The number of aromatic nitrogens is 2. The SMILES string of the molecule is Cc1cccc(NC(=S)Nc2c(C)nn(Cc3ccc(Cl)cc3)c2C)c1. The Morgan fingerprint density at radius 2 is 1.81 bits per heavy atom. The number of rotatable bonds is 4. The molecule has 134 valence electrons. The summed E-state index contributed by atoms with van der Waals surface area (Å²) in [6.07, 6.45) is 0. The maximum Gasteiger partial charge on any atom is 0.175 e. The molecule has 3 aromatic rings. The Hall–Kier alpha value is -2.37. The van der Waals surface area contributed by atoms with E-state index in [9.17, 15) is 0 Å². The molecule has 0 unspecified atom stereocenters. The second-order valence-electron chi connectivity index (χ2n) is 6.28. The highest BCUT2D eigenvalue weighted by Gasteiger charge is 2.13. The van der Waals surface area contributed by atoms with Crippen LogP contribution in [0.4, 0.5) is 11.4 Å². The summed E-state index contributed by atoms with van der Waals surface area (Å²) in [7, 11) is 0. The van der Waals surface area contributed by atoms with Gasteiger partial charge in [0.15, 0.2) is 5.11 Å². The van der Waals surface area contributed by atoms with Gasteiger partial charge in [0, 0.05) is 10.7 Å². The first kappa shape index (κ1) is 18.4. The third kappa shape index (κ3) is 4.42. The summed E-state index contributed by atoms with van der Waals surface area (Å²) in [5.74, 6) is 0. The quantitative estimate of drug-likeness (QED) is 0.597. The third-order valence-electron chi connectivity index (χ3n) is 4.14. The molecule has 3 rings (SSSR count). The van der Waals surface area contributed by atoms with Crippen LogP contribution in [-0.4, -0.2) is 14.9 Å². The average molecular weight is 385 g/mol. The van der Waals surface area contributed by atoms with Gasteiger partial charge >= 0.3 is 0 Å². The molecule has 0 aliphatic rings. The van der Waals surface area contributed by atoms with Crippen molar-refractivity contribution in [2.24, 2.45) is 0 Å². The zero-order valence-electron chi connectivity index (χ0n) is 15.0. The molecule has 0 aliphatic heterocycles. The van der Waals surface area contributed by atoms with Gasteiger partial charge in [0.25, 0.3) is 0 Å². The summed E-state index contributed by atoms with van der Waals surface area (Å²) in [5, 5.41) is 12.4. The van der Waals surface area contributed by atoms with Crippen molar-refractivity contribution in [1.29, 1.82) is 0 Å². The van der Waals surface area contributed by atoms with Crippen molar-refractivity contribution >= 4 is 40.3 Å². The highest BCUT2D eigenvalue weighted by atomic mass is 35.5. The van der Waals surface area contributed by atoms with E-state index in [4.69, 9.17) is 23.8 Å². The number of nitrogens with one attached hydrogen (secondary N) is 2. The minimum Gasteiger partial charge on any atom is -0.332 e. The Morgan fingerprint density at radius 1 is 1.08 bits per heavy atom. The Bertz CT molecular complexity index is 931. The number of thiocarbonyl (C=S) groups is 1. The molecule has 0 fully saturated rings. The summed E-state index contributed by atoms with van der Waals surface area (Å²) < 4.78 is 1.97. The van der Waals surface area contributed by atoms with Crippen LogP contribution in [0.15, 0.2) is 48.5 Å². The lowest BCUT2D eigenvalue weighted by atomic mass is 10.2. The molecule has 0 spiro atoms. The van der Waals surface area contributed by atoms with E-state index in [1.165, 1.54) is 5.56 Å². The van der Waals surface area contributed by atoms with E-state index in [-0.39, 0.29) is 0 Å². The summed E-state index contributed by atoms with van der Waals surface area (Å²) in [4.78, 5) is 0. The summed E-state index contributed by atoms with van der Waals surface area (Å²) in [6, 6.07) is 15.9. The van der Waals surface area contributed by atoms with Crippen LogP contribution in [0, 0.1) is 20.8 Å². The van der Waals surface area contributed by atoms with Gasteiger partial charge < -0.3 is 10.6 Å². The van der Waals surface area contributed by atoms with Crippen LogP contribution < -0.4 is 10.6 Å². The van der Waals surface area contributed by atoms with E-state index in [1.807, 2.05) is 54.9 Å². The van der Waals surface area contributed by atoms with Gasteiger partial charge in [0.1, 0.15) is 0 Å². The maximum atomic E-state index is 5.96. The molecule has 0 radical (unpaired) electrons. The van der Waals surface area contributed by atoms with Crippen LogP contribution in [0.1, 0.15) is 22.5 Å². The molecular weight excluding hydrogens is 364 g/mol. The second-order valence-corrected chi connectivity index (χ2v) is 7.12. The van der Waals surface area contributed by atoms with E-state index in [2.05, 4.69) is 34.8 Å². The molecular formula is C20H21ClN4S.